The summed E-state index contributed by atoms with van der Waals surface area (Å²) < 4.78 is 11.8. The molecule has 0 amide bonds. The molecule has 18 heavy (non-hydrogen) atoms. The van der Waals surface area contributed by atoms with Gasteiger partial charge >= 0.3 is 0 Å². The predicted molar refractivity (Wildman–Crippen MR) is 75.4 cm³/mol. The van der Waals surface area contributed by atoms with E-state index < -0.39 is 0 Å². The van der Waals surface area contributed by atoms with Crippen LogP contribution in [0.4, 0.5) is 0 Å². The van der Waals surface area contributed by atoms with Gasteiger partial charge in [0.05, 0.1) is 5.02 Å². The quantitative estimate of drug-likeness (QED) is 0.747. The number of benzene rings is 1. The number of nitrogens with zero attached hydrogens (tertiary/aromatic N) is 2. The van der Waals surface area contributed by atoms with Crippen molar-refractivity contribution in [1.29, 1.82) is 0 Å². The molecular formula is C12H10ClIN2O2. The molecule has 0 saturated carbocycles. The van der Waals surface area contributed by atoms with Crippen LogP contribution < -0.4 is 0 Å². The van der Waals surface area contributed by atoms with Crippen LogP contribution in [0.2, 0.25) is 5.02 Å². The van der Waals surface area contributed by atoms with Gasteiger partial charge in [0.1, 0.15) is 6.10 Å². The molecule has 3 rings (SSSR count). The summed E-state index contributed by atoms with van der Waals surface area (Å²) in [6.45, 7) is 0.762. The third-order valence-electron chi connectivity index (χ3n) is 2.82. The maximum absolute atomic E-state index is 6.08. The molecule has 1 aromatic carbocycles. The Morgan fingerprint density at radius 2 is 2.28 bits per heavy atom. The zero-order chi connectivity index (χ0) is 12.5. The second-order valence-corrected chi connectivity index (χ2v) is 5.66. The van der Waals surface area contributed by atoms with Crippen molar-refractivity contribution in [3.63, 3.8) is 0 Å². The van der Waals surface area contributed by atoms with Crippen molar-refractivity contribution < 1.29 is 9.26 Å². The van der Waals surface area contributed by atoms with E-state index >= 15 is 0 Å². The number of halogens is 2. The van der Waals surface area contributed by atoms with E-state index in [0.717, 1.165) is 28.6 Å². The highest BCUT2D eigenvalue weighted by atomic mass is 127. The van der Waals surface area contributed by atoms with Gasteiger partial charge < -0.3 is 9.26 Å². The molecule has 1 aromatic heterocycles. The van der Waals surface area contributed by atoms with E-state index in [-0.39, 0.29) is 6.10 Å². The average Bonchev–Trinajstić information content (AvgIpc) is 3.01. The lowest BCUT2D eigenvalue weighted by molar-refractivity contribution is 0.0835. The first-order chi connectivity index (χ1) is 8.74. The Morgan fingerprint density at radius 3 is 3.00 bits per heavy atom. The second kappa shape index (κ2) is 5.14. The van der Waals surface area contributed by atoms with Crippen LogP contribution in [0.5, 0.6) is 0 Å². The summed E-state index contributed by atoms with van der Waals surface area (Å²) in [6.07, 6.45) is 1.93. The lowest BCUT2D eigenvalue weighted by atomic mass is 10.2. The maximum Gasteiger partial charge on any atom is 0.256 e. The predicted octanol–water partition coefficient (Wildman–Crippen LogP) is 3.85. The van der Waals surface area contributed by atoms with Crippen LogP contribution in [-0.2, 0) is 4.74 Å². The molecule has 2 heterocycles. The highest BCUT2D eigenvalue weighted by Crippen LogP contribution is 2.30. The van der Waals surface area contributed by atoms with E-state index in [2.05, 4.69) is 32.7 Å². The molecule has 1 saturated heterocycles. The van der Waals surface area contributed by atoms with Gasteiger partial charge in [0.15, 0.2) is 0 Å². The van der Waals surface area contributed by atoms with Crippen molar-refractivity contribution in [2.24, 2.45) is 0 Å². The fourth-order valence-electron chi connectivity index (χ4n) is 1.89. The largest absolute Gasteiger partial charge is 0.368 e. The molecule has 4 nitrogen and oxygen atoms in total. The molecule has 1 fully saturated rings. The summed E-state index contributed by atoms with van der Waals surface area (Å²) in [4.78, 5) is 4.37. The SMILES string of the molecule is Clc1cc(-c2noc(C3CCCO3)n2)ccc1I. The molecule has 0 radical (unpaired) electrons. The number of rotatable bonds is 2. The van der Waals surface area contributed by atoms with E-state index in [1.807, 2.05) is 18.2 Å². The number of hydrogen-bond donors (Lipinski definition) is 0. The Kier molecular flexibility index (Phi) is 3.54. The fourth-order valence-corrected chi connectivity index (χ4v) is 2.41. The van der Waals surface area contributed by atoms with Crippen molar-refractivity contribution in [2.75, 3.05) is 6.61 Å². The van der Waals surface area contributed by atoms with E-state index in [4.69, 9.17) is 20.9 Å². The van der Waals surface area contributed by atoms with Gasteiger partial charge in [-0.1, -0.05) is 16.8 Å². The van der Waals surface area contributed by atoms with Crippen molar-refractivity contribution in [1.82, 2.24) is 10.1 Å². The van der Waals surface area contributed by atoms with Crippen LogP contribution in [0.3, 0.4) is 0 Å². The van der Waals surface area contributed by atoms with Gasteiger partial charge in [-0.25, -0.2) is 0 Å². The fraction of sp³-hybridized carbons (Fsp3) is 0.333. The van der Waals surface area contributed by atoms with E-state index in [1.165, 1.54) is 0 Å². The normalized spacial score (nSPS) is 19.3. The Hall–Kier alpha value is -0.660. The molecule has 0 N–H and O–H groups in total. The van der Waals surface area contributed by atoms with Crippen molar-refractivity contribution in [3.8, 4) is 11.4 Å². The molecule has 94 valence electrons. The number of aromatic nitrogens is 2. The monoisotopic (exact) mass is 376 g/mol. The van der Waals surface area contributed by atoms with Crippen LogP contribution in [-0.4, -0.2) is 16.7 Å². The van der Waals surface area contributed by atoms with Crippen molar-refractivity contribution in [3.05, 3.63) is 32.7 Å². The van der Waals surface area contributed by atoms with Gasteiger partial charge in [-0.3, -0.25) is 0 Å². The van der Waals surface area contributed by atoms with E-state index in [1.54, 1.807) is 0 Å². The third-order valence-corrected chi connectivity index (χ3v) is 4.40. The maximum atomic E-state index is 6.08. The Balaban J connectivity index is 1.89. The standard InChI is InChI=1S/C12H10ClIN2O2/c13-8-6-7(3-4-9(8)14)11-15-12(18-16-11)10-2-1-5-17-10/h3-4,6,10H,1-2,5H2. The second-order valence-electron chi connectivity index (χ2n) is 4.09. The van der Waals surface area contributed by atoms with Crippen LogP contribution in [0.1, 0.15) is 24.8 Å². The topological polar surface area (TPSA) is 48.2 Å². The summed E-state index contributed by atoms with van der Waals surface area (Å²) in [5.41, 5.74) is 0.855. The van der Waals surface area contributed by atoms with Crippen molar-refractivity contribution >= 4 is 34.2 Å². The van der Waals surface area contributed by atoms with Crippen LogP contribution in [0.15, 0.2) is 22.7 Å². The summed E-state index contributed by atoms with van der Waals surface area (Å²) >= 11 is 8.26. The highest BCUT2D eigenvalue weighted by Gasteiger charge is 2.24. The van der Waals surface area contributed by atoms with Crippen LogP contribution >= 0.6 is 34.2 Å². The number of ether oxygens (including phenoxy) is 1. The van der Waals surface area contributed by atoms with Crippen molar-refractivity contribution in [2.45, 2.75) is 18.9 Å². The molecule has 6 heteroatoms. The molecule has 0 spiro atoms. The molecule has 2 aromatic rings. The van der Waals surface area contributed by atoms with Gasteiger partial charge in [-0.2, -0.15) is 4.98 Å². The van der Waals surface area contributed by atoms with Gasteiger partial charge in [0, 0.05) is 15.7 Å². The first-order valence-electron chi connectivity index (χ1n) is 5.64. The average molecular weight is 377 g/mol. The molecule has 1 unspecified atom stereocenters. The van der Waals surface area contributed by atoms with Crippen LogP contribution in [0, 0.1) is 3.57 Å². The Labute approximate surface area is 123 Å². The molecule has 1 aliphatic rings. The van der Waals surface area contributed by atoms with Crippen LogP contribution in [0.25, 0.3) is 11.4 Å². The lowest BCUT2D eigenvalue weighted by Gasteiger charge is -2.00. The zero-order valence-corrected chi connectivity index (χ0v) is 12.3. The molecule has 1 aliphatic heterocycles. The third kappa shape index (κ3) is 2.39. The minimum absolute atomic E-state index is 0.0504. The summed E-state index contributed by atoms with van der Waals surface area (Å²) in [5, 5.41) is 4.67. The summed E-state index contributed by atoms with van der Waals surface area (Å²) in [5.74, 6) is 1.11. The summed E-state index contributed by atoms with van der Waals surface area (Å²) in [7, 11) is 0. The minimum Gasteiger partial charge on any atom is -0.368 e. The zero-order valence-electron chi connectivity index (χ0n) is 9.40. The molecular weight excluding hydrogens is 367 g/mol. The lowest BCUT2D eigenvalue weighted by Crippen LogP contribution is -1.95. The smallest absolute Gasteiger partial charge is 0.256 e. The van der Waals surface area contributed by atoms with E-state index in [0.29, 0.717) is 16.7 Å². The molecule has 0 bridgehead atoms. The van der Waals surface area contributed by atoms with Gasteiger partial charge in [-0.05, 0) is 53.6 Å². The minimum atomic E-state index is -0.0504. The van der Waals surface area contributed by atoms with Gasteiger partial charge in [0.25, 0.3) is 5.89 Å². The highest BCUT2D eigenvalue weighted by molar-refractivity contribution is 14.1. The van der Waals surface area contributed by atoms with Gasteiger partial charge in [-0.15, -0.1) is 0 Å². The first-order valence-corrected chi connectivity index (χ1v) is 7.10. The Bertz CT molecular complexity index is 567. The number of hydrogen-bond acceptors (Lipinski definition) is 4. The summed E-state index contributed by atoms with van der Waals surface area (Å²) in [6, 6.07) is 5.70. The molecule has 1 atom stereocenters. The molecule has 0 aliphatic carbocycles. The van der Waals surface area contributed by atoms with E-state index in [9.17, 15) is 0 Å². The Morgan fingerprint density at radius 1 is 1.39 bits per heavy atom. The van der Waals surface area contributed by atoms with Gasteiger partial charge in [0.2, 0.25) is 5.82 Å². The first kappa shape index (κ1) is 12.4.